The number of aryl methyl sites for hydroxylation is 1. The molecule has 0 N–H and O–H groups in total. The van der Waals surface area contributed by atoms with E-state index in [1.165, 1.54) is 0 Å². The number of anilines is 1. The number of nitrogens with zero attached hydrogens (tertiary/aromatic N) is 5. The zero-order valence-corrected chi connectivity index (χ0v) is 22.4. The third-order valence-corrected chi connectivity index (χ3v) is 7.72. The average molecular weight is 532 g/mol. The van der Waals surface area contributed by atoms with Crippen molar-refractivity contribution in [3.8, 4) is 0 Å². The van der Waals surface area contributed by atoms with Gasteiger partial charge in [-0.3, -0.25) is 9.69 Å². The van der Waals surface area contributed by atoms with Gasteiger partial charge in [-0.15, -0.1) is 4.98 Å². The maximum Gasteiger partial charge on any atom is 0.270 e. The molecule has 1 saturated heterocycles. The molecular formula is C29H27Cl2N5O. The fraction of sp³-hybridized carbons (Fsp3) is 0.276. The molecule has 1 aliphatic rings. The van der Waals surface area contributed by atoms with Crippen LogP contribution in [-0.2, 0) is 7.05 Å². The lowest BCUT2D eigenvalue weighted by molar-refractivity contribution is 0.130. The third kappa shape index (κ3) is 4.83. The summed E-state index contributed by atoms with van der Waals surface area (Å²) in [5, 5.41) is 1.40. The Morgan fingerprint density at radius 3 is 2.08 bits per heavy atom. The highest BCUT2D eigenvalue weighted by atomic mass is 35.5. The summed E-state index contributed by atoms with van der Waals surface area (Å²) in [5.74, 6) is 0.317. The normalized spacial score (nSPS) is 18.4. The van der Waals surface area contributed by atoms with Crippen LogP contribution in [0.15, 0.2) is 71.5 Å². The van der Waals surface area contributed by atoms with Crippen molar-refractivity contribution < 1.29 is 0 Å². The lowest BCUT2D eigenvalue weighted by Crippen LogP contribution is -2.57. The number of halogens is 2. The number of aromatic nitrogens is 2. The fourth-order valence-electron chi connectivity index (χ4n) is 5.30. The molecular weight excluding hydrogens is 505 g/mol. The van der Waals surface area contributed by atoms with Crippen LogP contribution in [0, 0.1) is 6.57 Å². The molecule has 1 aliphatic heterocycles. The van der Waals surface area contributed by atoms with Crippen molar-refractivity contribution in [3.63, 3.8) is 0 Å². The number of benzene rings is 2. The van der Waals surface area contributed by atoms with E-state index in [9.17, 15) is 4.79 Å². The van der Waals surface area contributed by atoms with Gasteiger partial charge in [0.15, 0.2) is 0 Å². The molecule has 1 fully saturated rings. The zero-order valence-electron chi connectivity index (χ0n) is 20.9. The molecule has 8 heteroatoms. The van der Waals surface area contributed by atoms with Gasteiger partial charge in [-0.1, -0.05) is 54.0 Å². The first-order chi connectivity index (χ1) is 17.8. The second kappa shape index (κ2) is 10.2. The van der Waals surface area contributed by atoms with Gasteiger partial charge in [0.25, 0.3) is 11.4 Å². The van der Waals surface area contributed by atoms with Crippen molar-refractivity contribution >= 4 is 45.7 Å². The first kappa shape index (κ1) is 25.3. The maximum absolute atomic E-state index is 12.9. The highest BCUT2D eigenvalue weighted by Gasteiger charge is 2.36. The maximum atomic E-state index is 12.9. The van der Waals surface area contributed by atoms with E-state index in [-0.39, 0.29) is 23.7 Å². The summed E-state index contributed by atoms with van der Waals surface area (Å²) in [6.07, 6.45) is 0. The average Bonchev–Trinajstić information content (AvgIpc) is 2.90. The monoisotopic (exact) mass is 531 g/mol. The number of hydrogen-bond donors (Lipinski definition) is 0. The van der Waals surface area contributed by atoms with Crippen molar-refractivity contribution in [1.82, 2.24) is 14.5 Å². The molecule has 0 amide bonds. The Hall–Kier alpha value is -3.37. The van der Waals surface area contributed by atoms with Crippen LogP contribution in [0.2, 0.25) is 10.0 Å². The summed E-state index contributed by atoms with van der Waals surface area (Å²) in [7, 11) is 1.74. The molecule has 2 atom stereocenters. The van der Waals surface area contributed by atoms with Crippen LogP contribution in [-0.4, -0.2) is 39.6 Å². The van der Waals surface area contributed by atoms with Gasteiger partial charge >= 0.3 is 0 Å². The summed E-state index contributed by atoms with van der Waals surface area (Å²) in [5.41, 5.74) is 4.38. The Bertz CT molecular complexity index is 1500. The van der Waals surface area contributed by atoms with E-state index in [2.05, 4.69) is 57.7 Å². The van der Waals surface area contributed by atoms with E-state index >= 15 is 0 Å². The van der Waals surface area contributed by atoms with Gasteiger partial charge in [0, 0.05) is 48.3 Å². The molecule has 2 aromatic heterocycles. The first-order valence-corrected chi connectivity index (χ1v) is 12.9. The molecule has 0 bridgehead atoms. The quantitative estimate of drug-likeness (QED) is 0.282. The van der Waals surface area contributed by atoms with Crippen LogP contribution < -0.4 is 10.5 Å². The van der Waals surface area contributed by atoms with Crippen LogP contribution in [0.3, 0.4) is 0 Å². The summed E-state index contributed by atoms with van der Waals surface area (Å²) >= 11 is 12.4. The van der Waals surface area contributed by atoms with Gasteiger partial charge in [0.05, 0.1) is 17.2 Å². The summed E-state index contributed by atoms with van der Waals surface area (Å²) < 4.78 is 1.58. The standard InChI is InChI=1S/C29H27Cl2N5O/c1-18-17-36(29(20-5-9-22(30)10-6-20)21-7-11-23(31)12-8-21)19(2)16-35(18)25-15-27(37)34(4)24-13-14-26(32-3)33-28(24)25/h5-15,18-19,29H,16-17H2,1-2,4H3/t18-,19+/m0/s1. The Labute approximate surface area is 226 Å². The third-order valence-electron chi connectivity index (χ3n) is 7.22. The number of pyridine rings is 2. The van der Waals surface area contributed by atoms with Crippen LogP contribution in [0.25, 0.3) is 15.9 Å². The second-order valence-electron chi connectivity index (χ2n) is 9.63. The summed E-state index contributed by atoms with van der Waals surface area (Å²) in [6, 6.07) is 21.4. The SMILES string of the molecule is [C-]#[N+]c1ccc2c(n1)c(N1C[C@@H](C)N(C(c3ccc(Cl)cc3)c3ccc(Cl)cc3)C[C@@H]1C)cc(=O)n2C. The number of fused-ring (bicyclic) bond motifs is 1. The zero-order chi connectivity index (χ0) is 26.3. The molecule has 0 radical (unpaired) electrons. The molecule has 2 aromatic carbocycles. The van der Waals surface area contributed by atoms with Crippen LogP contribution in [0.5, 0.6) is 0 Å². The predicted molar refractivity (Wildman–Crippen MR) is 151 cm³/mol. The Balaban J connectivity index is 1.55. The number of hydrogen-bond acceptors (Lipinski definition) is 4. The van der Waals surface area contributed by atoms with Crippen molar-refractivity contribution in [2.45, 2.75) is 32.0 Å². The molecule has 4 aromatic rings. The highest BCUT2D eigenvalue weighted by molar-refractivity contribution is 6.30. The van der Waals surface area contributed by atoms with Crippen molar-refractivity contribution in [2.24, 2.45) is 7.05 Å². The lowest BCUT2D eigenvalue weighted by atomic mass is 9.93. The molecule has 3 heterocycles. The molecule has 6 nitrogen and oxygen atoms in total. The van der Waals surface area contributed by atoms with Gasteiger partial charge in [0.2, 0.25) is 5.52 Å². The number of piperazine rings is 1. The van der Waals surface area contributed by atoms with Crippen molar-refractivity contribution in [3.05, 3.63) is 110 Å². The van der Waals surface area contributed by atoms with Gasteiger partial charge in [-0.05, 0) is 61.4 Å². The van der Waals surface area contributed by atoms with Crippen LogP contribution in [0.1, 0.15) is 31.0 Å². The molecule has 0 spiro atoms. The van der Waals surface area contributed by atoms with E-state index in [4.69, 9.17) is 29.8 Å². The minimum atomic E-state index is -0.0950. The molecule has 188 valence electrons. The van der Waals surface area contributed by atoms with Gasteiger partial charge in [0.1, 0.15) is 0 Å². The Kier molecular flexibility index (Phi) is 6.96. The Morgan fingerprint density at radius 1 is 0.919 bits per heavy atom. The van der Waals surface area contributed by atoms with Crippen LogP contribution >= 0.6 is 23.2 Å². The first-order valence-electron chi connectivity index (χ1n) is 12.2. The summed E-state index contributed by atoms with van der Waals surface area (Å²) in [6.45, 7) is 13.3. The van der Waals surface area contributed by atoms with Gasteiger partial charge in [-0.2, -0.15) is 0 Å². The van der Waals surface area contributed by atoms with E-state index in [0.717, 1.165) is 28.9 Å². The predicted octanol–water partition coefficient (Wildman–Crippen LogP) is 6.48. The van der Waals surface area contributed by atoms with E-state index < -0.39 is 0 Å². The smallest absolute Gasteiger partial charge is 0.270 e. The van der Waals surface area contributed by atoms with E-state index in [1.807, 2.05) is 30.3 Å². The van der Waals surface area contributed by atoms with Gasteiger partial charge in [-0.25, -0.2) is 0 Å². The minimum Gasteiger partial charge on any atom is -0.362 e. The van der Waals surface area contributed by atoms with Crippen LogP contribution in [0.4, 0.5) is 11.5 Å². The van der Waals surface area contributed by atoms with E-state index in [0.29, 0.717) is 27.9 Å². The van der Waals surface area contributed by atoms with Gasteiger partial charge < -0.3 is 14.3 Å². The van der Waals surface area contributed by atoms with Crippen molar-refractivity contribution in [1.29, 1.82) is 0 Å². The summed E-state index contributed by atoms with van der Waals surface area (Å²) in [4.78, 5) is 25.7. The second-order valence-corrected chi connectivity index (χ2v) is 10.5. The molecule has 5 rings (SSSR count). The topological polar surface area (TPSA) is 45.7 Å². The van der Waals surface area contributed by atoms with E-state index in [1.54, 1.807) is 23.7 Å². The largest absolute Gasteiger partial charge is 0.362 e. The number of rotatable bonds is 4. The molecule has 0 saturated carbocycles. The highest BCUT2D eigenvalue weighted by Crippen LogP contribution is 2.36. The molecule has 37 heavy (non-hydrogen) atoms. The minimum absolute atomic E-state index is 0.0152. The molecule has 0 unspecified atom stereocenters. The van der Waals surface area contributed by atoms with Crippen molar-refractivity contribution in [2.75, 3.05) is 18.0 Å². The lowest BCUT2D eigenvalue weighted by Gasteiger charge is -2.48. The Morgan fingerprint density at radius 2 is 1.51 bits per heavy atom. The fourth-order valence-corrected chi connectivity index (χ4v) is 5.55. The molecule has 0 aliphatic carbocycles.